The maximum atomic E-state index is 11.1. The smallest absolute Gasteiger partial charge is 0.306 e. The number of aliphatic carboxylic acids is 1. The molecular formula is C14H20N2O2S. The van der Waals surface area contributed by atoms with Crippen molar-refractivity contribution in [2.24, 2.45) is 11.8 Å². The molecule has 3 heterocycles. The zero-order valence-corrected chi connectivity index (χ0v) is 11.9. The fourth-order valence-corrected chi connectivity index (χ4v) is 4.32. The number of carboxylic acid groups (broad SMARTS) is 1. The van der Waals surface area contributed by atoms with Gasteiger partial charge in [-0.2, -0.15) is 11.8 Å². The van der Waals surface area contributed by atoms with E-state index >= 15 is 0 Å². The molecule has 3 rings (SSSR count). The van der Waals surface area contributed by atoms with Gasteiger partial charge in [0.15, 0.2) is 0 Å². The normalized spacial score (nSPS) is 24.1. The number of aromatic nitrogens is 2. The molecule has 0 bridgehead atoms. The summed E-state index contributed by atoms with van der Waals surface area (Å²) in [4.78, 5) is 15.6. The third kappa shape index (κ3) is 2.81. The largest absolute Gasteiger partial charge is 0.481 e. The molecule has 4 nitrogen and oxygen atoms in total. The molecule has 1 N–H and O–H groups in total. The first-order valence-corrected chi connectivity index (χ1v) is 8.23. The number of carbonyl (C=O) groups is 1. The summed E-state index contributed by atoms with van der Waals surface area (Å²) in [5.74, 6) is 3.61. The first-order valence-electron chi connectivity index (χ1n) is 7.08. The van der Waals surface area contributed by atoms with Crippen LogP contribution in [0.25, 0.3) is 0 Å². The molecule has 1 atom stereocenters. The van der Waals surface area contributed by atoms with Crippen LogP contribution >= 0.6 is 11.8 Å². The molecule has 0 saturated carbocycles. The first kappa shape index (κ1) is 13.0. The second kappa shape index (κ2) is 5.57. The molecule has 2 aliphatic heterocycles. The van der Waals surface area contributed by atoms with Gasteiger partial charge in [-0.3, -0.25) is 4.79 Å². The van der Waals surface area contributed by atoms with E-state index in [0.29, 0.717) is 6.42 Å². The van der Waals surface area contributed by atoms with Crippen LogP contribution in [0.15, 0.2) is 6.20 Å². The molecule has 0 aliphatic carbocycles. The monoisotopic (exact) mass is 280 g/mol. The van der Waals surface area contributed by atoms with Gasteiger partial charge in [0.1, 0.15) is 5.82 Å². The van der Waals surface area contributed by atoms with Crippen molar-refractivity contribution in [3.8, 4) is 0 Å². The molecule has 104 valence electrons. The molecule has 0 radical (unpaired) electrons. The van der Waals surface area contributed by atoms with Crippen LogP contribution in [-0.4, -0.2) is 32.1 Å². The number of fused-ring (bicyclic) bond motifs is 1. The fraction of sp³-hybridized carbons (Fsp3) is 0.714. The van der Waals surface area contributed by atoms with Crippen LogP contribution in [0.5, 0.6) is 0 Å². The summed E-state index contributed by atoms with van der Waals surface area (Å²) >= 11 is 2.05. The van der Waals surface area contributed by atoms with Gasteiger partial charge in [-0.1, -0.05) is 0 Å². The third-order valence-electron chi connectivity index (χ3n) is 4.34. The Labute approximate surface area is 117 Å². The van der Waals surface area contributed by atoms with Crippen LogP contribution in [0.3, 0.4) is 0 Å². The Bertz CT molecular complexity index is 466. The van der Waals surface area contributed by atoms with Gasteiger partial charge < -0.3 is 9.67 Å². The van der Waals surface area contributed by atoms with E-state index in [1.165, 1.54) is 30.2 Å². The van der Waals surface area contributed by atoms with Crippen molar-refractivity contribution < 1.29 is 9.90 Å². The van der Waals surface area contributed by atoms with Gasteiger partial charge >= 0.3 is 5.97 Å². The highest BCUT2D eigenvalue weighted by atomic mass is 32.2. The van der Waals surface area contributed by atoms with Crippen molar-refractivity contribution in [3.63, 3.8) is 0 Å². The van der Waals surface area contributed by atoms with Gasteiger partial charge in [0.2, 0.25) is 0 Å². The van der Waals surface area contributed by atoms with Gasteiger partial charge in [-0.25, -0.2) is 4.98 Å². The van der Waals surface area contributed by atoms with Crippen LogP contribution in [-0.2, 0) is 24.2 Å². The zero-order valence-electron chi connectivity index (χ0n) is 11.0. The average Bonchev–Trinajstić information content (AvgIpc) is 2.82. The summed E-state index contributed by atoms with van der Waals surface area (Å²) in [6.45, 7) is 0.823. The number of rotatable bonds is 3. The van der Waals surface area contributed by atoms with Crippen molar-refractivity contribution in [2.75, 3.05) is 11.5 Å². The molecule has 1 aromatic heterocycles. The SMILES string of the molecule is O=C(O)C1CCn2c(cnc2CC2CCSCC2)C1. The summed E-state index contributed by atoms with van der Waals surface area (Å²) in [6.07, 6.45) is 6.94. The lowest BCUT2D eigenvalue weighted by Crippen LogP contribution is -2.26. The Morgan fingerprint density at radius 2 is 2.21 bits per heavy atom. The highest BCUT2D eigenvalue weighted by Gasteiger charge is 2.27. The number of nitrogens with zero attached hydrogens (tertiary/aromatic N) is 2. The minimum atomic E-state index is -0.668. The Hall–Kier alpha value is -0.970. The van der Waals surface area contributed by atoms with Gasteiger partial charge in [0, 0.05) is 31.3 Å². The number of imidazole rings is 1. The van der Waals surface area contributed by atoms with E-state index in [2.05, 4.69) is 21.3 Å². The number of carboxylic acids is 1. The maximum Gasteiger partial charge on any atom is 0.306 e. The summed E-state index contributed by atoms with van der Waals surface area (Å²) in [6, 6.07) is 0. The quantitative estimate of drug-likeness (QED) is 0.922. The third-order valence-corrected chi connectivity index (χ3v) is 5.39. The predicted molar refractivity (Wildman–Crippen MR) is 75.4 cm³/mol. The van der Waals surface area contributed by atoms with Crippen LogP contribution in [0.1, 0.15) is 30.8 Å². The predicted octanol–water partition coefficient (Wildman–Crippen LogP) is 2.22. The van der Waals surface area contributed by atoms with Crippen LogP contribution < -0.4 is 0 Å². The molecule has 1 saturated heterocycles. The lowest BCUT2D eigenvalue weighted by molar-refractivity contribution is -0.142. The first-order chi connectivity index (χ1) is 9.24. The molecule has 5 heteroatoms. The Morgan fingerprint density at radius 3 is 2.95 bits per heavy atom. The summed E-state index contributed by atoms with van der Waals surface area (Å²) < 4.78 is 2.27. The van der Waals surface area contributed by atoms with E-state index in [1.807, 2.05) is 6.20 Å². The number of hydrogen-bond acceptors (Lipinski definition) is 3. The van der Waals surface area contributed by atoms with E-state index < -0.39 is 5.97 Å². The molecule has 0 aromatic carbocycles. The van der Waals surface area contributed by atoms with E-state index in [9.17, 15) is 4.79 Å². The molecule has 2 aliphatic rings. The lowest BCUT2D eigenvalue weighted by Gasteiger charge is -2.24. The van der Waals surface area contributed by atoms with E-state index in [0.717, 1.165) is 31.0 Å². The Kier molecular flexibility index (Phi) is 3.82. The van der Waals surface area contributed by atoms with Crippen LogP contribution in [0, 0.1) is 11.8 Å². The van der Waals surface area contributed by atoms with Gasteiger partial charge in [0.05, 0.1) is 5.92 Å². The van der Waals surface area contributed by atoms with Crippen LogP contribution in [0.4, 0.5) is 0 Å². The summed E-state index contributed by atoms with van der Waals surface area (Å²) in [5, 5.41) is 9.10. The Balaban J connectivity index is 1.70. The molecule has 0 spiro atoms. The lowest BCUT2D eigenvalue weighted by atomic mass is 9.95. The molecule has 19 heavy (non-hydrogen) atoms. The highest BCUT2D eigenvalue weighted by molar-refractivity contribution is 7.99. The van der Waals surface area contributed by atoms with Gasteiger partial charge in [-0.15, -0.1) is 0 Å². The Morgan fingerprint density at radius 1 is 1.42 bits per heavy atom. The van der Waals surface area contributed by atoms with Crippen molar-refractivity contribution >= 4 is 17.7 Å². The van der Waals surface area contributed by atoms with Crippen molar-refractivity contribution in [1.29, 1.82) is 0 Å². The van der Waals surface area contributed by atoms with Crippen molar-refractivity contribution in [2.45, 2.75) is 38.6 Å². The van der Waals surface area contributed by atoms with E-state index in [-0.39, 0.29) is 5.92 Å². The second-order valence-corrected chi connectivity index (χ2v) is 6.83. The van der Waals surface area contributed by atoms with Gasteiger partial charge in [-0.05, 0) is 36.7 Å². The fourth-order valence-electron chi connectivity index (χ4n) is 3.11. The highest BCUT2D eigenvalue weighted by Crippen LogP contribution is 2.28. The van der Waals surface area contributed by atoms with Crippen LogP contribution in [0.2, 0.25) is 0 Å². The maximum absolute atomic E-state index is 11.1. The molecule has 1 unspecified atom stereocenters. The molecular weight excluding hydrogens is 260 g/mol. The van der Waals surface area contributed by atoms with E-state index in [1.54, 1.807) is 0 Å². The van der Waals surface area contributed by atoms with Crippen molar-refractivity contribution in [1.82, 2.24) is 9.55 Å². The number of thioether (sulfide) groups is 1. The molecule has 1 aromatic rings. The van der Waals surface area contributed by atoms with E-state index in [4.69, 9.17) is 5.11 Å². The minimum absolute atomic E-state index is 0.219. The standard InChI is InChI=1S/C14H20N2O2S/c17-14(18)11-1-4-16-12(8-11)9-15-13(16)7-10-2-5-19-6-3-10/h9-11H,1-8H2,(H,17,18). The summed E-state index contributed by atoms with van der Waals surface area (Å²) in [5.41, 5.74) is 1.11. The second-order valence-electron chi connectivity index (χ2n) is 5.61. The zero-order chi connectivity index (χ0) is 13.2. The topological polar surface area (TPSA) is 55.1 Å². The molecule has 0 amide bonds. The van der Waals surface area contributed by atoms with Gasteiger partial charge in [0.25, 0.3) is 0 Å². The minimum Gasteiger partial charge on any atom is -0.481 e. The number of hydrogen-bond donors (Lipinski definition) is 1. The van der Waals surface area contributed by atoms with Crippen molar-refractivity contribution in [3.05, 3.63) is 17.7 Å². The summed E-state index contributed by atoms with van der Waals surface area (Å²) in [7, 11) is 0. The molecule has 1 fully saturated rings. The average molecular weight is 280 g/mol.